The van der Waals surface area contributed by atoms with Crippen LogP contribution in [0.5, 0.6) is 0 Å². The van der Waals surface area contributed by atoms with E-state index in [0.29, 0.717) is 39.0 Å². The van der Waals surface area contributed by atoms with Crippen molar-refractivity contribution in [2.24, 2.45) is 7.05 Å². The van der Waals surface area contributed by atoms with Gasteiger partial charge in [0.1, 0.15) is 5.69 Å². The molecule has 0 aliphatic carbocycles. The number of aromatic nitrogens is 2. The van der Waals surface area contributed by atoms with Gasteiger partial charge in [0.25, 0.3) is 0 Å². The molecule has 0 aliphatic heterocycles. The maximum atomic E-state index is 13.0. The summed E-state index contributed by atoms with van der Waals surface area (Å²) in [4.78, 5) is 14.7. The summed E-state index contributed by atoms with van der Waals surface area (Å²) < 4.78 is 40.7. The lowest BCUT2D eigenvalue weighted by molar-refractivity contribution is -0.141. The van der Waals surface area contributed by atoms with E-state index in [1.165, 1.54) is 13.0 Å². The number of pyridine rings is 1. The molecule has 0 spiro atoms. The molecule has 0 amide bonds. The quantitative estimate of drug-likeness (QED) is 0.535. The largest absolute Gasteiger partial charge is 0.433 e. The second kappa shape index (κ2) is 6.59. The SMILES string of the molecule is Cc1nc(C(F)(F)F)cc2c1cc(Cc1c(Cl)ccc(C=O)c1Cl)n2C. The Balaban J connectivity index is 2.15. The van der Waals surface area contributed by atoms with Gasteiger partial charge in [0.05, 0.1) is 10.5 Å². The average molecular weight is 401 g/mol. The Morgan fingerprint density at radius 3 is 2.54 bits per heavy atom. The molecule has 2 heterocycles. The van der Waals surface area contributed by atoms with Gasteiger partial charge in [-0.2, -0.15) is 13.2 Å². The monoisotopic (exact) mass is 400 g/mol. The molecule has 2 aromatic heterocycles. The zero-order valence-corrected chi connectivity index (χ0v) is 15.3. The van der Waals surface area contributed by atoms with Crippen LogP contribution in [0.15, 0.2) is 24.3 Å². The van der Waals surface area contributed by atoms with Gasteiger partial charge in [-0.25, -0.2) is 4.98 Å². The van der Waals surface area contributed by atoms with Crippen molar-refractivity contribution in [1.29, 1.82) is 0 Å². The lowest BCUT2D eigenvalue weighted by atomic mass is 10.1. The molecule has 0 fully saturated rings. The highest BCUT2D eigenvalue weighted by Gasteiger charge is 2.33. The van der Waals surface area contributed by atoms with Gasteiger partial charge in [0.2, 0.25) is 0 Å². The molecule has 0 N–H and O–H groups in total. The summed E-state index contributed by atoms with van der Waals surface area (Å²) in [6, 6.07) is 5.88. The normalized spacial score (nSPS) is 12.0. The third-order valence-electron chi connectivity index (χ3n) is 4.32. The topological polar surface area (TPSA) is 34.9 Å². The lowest BCUT2D eigenvalue weighted by Gasteiger charge is -2.11. The molecule has 8 heteroatoms. The van der Waals surface area contributed by atoms with Gasteiger partial charge in [-0.05, 0) is 36.8 Å². The molecule has 136 valence electrons. The molecule has 3 aromatic rings. The van der Waals surface area contributed by atoms with Crippen molar-refractivity contribution in [3.8, 4) is 0 Å². The summed E-state index contributed by atoms with van der Waals surface area (Å²) in [5.74, 6) is 0. The predicted octanol–water partition coefficient (Wildman–Crippen LogP) is 5.61. The zero-order chi connectivity index (χ0) is 19.2. The molecule has 0 unspecified atom stereocenters. The average Bonchev–Trinajstić information content (AvgIpc) is 2.88. The van der Waals surface area contributed by atoms with Gasteiger partial charge in [-0.1, -0.05) is 23.2 Å². The molecule has 26 heavy (non-hydrogen) atoms. The van der Waals surface area contributed by atoms with Gasteiger partial charge in [-0.3, -0.25) is 4.79 Å². The third kappa shape index (κ3) is 3.19. The van der Waals surface area contributed by atoms with E-state index in [2.05, 4.69) is 4.98 Å². The molecule has 3 nitrogen and oxygen atoms in total. The van der Waals surface area contributed by atoms with Crippen LogP contribution in [0.25, 0.3) is 10.9 Å². The Labute approximate surface area is 157 Å². The van der Waals surface area contributed by atoms with Crippen LogP contribution in [-0.2, 0) is 19.6 Å². The third-order valence-corrected chi connectivity index (χ3v) is 5.12. The van der Waals surface area contributed by atoms with E-state index in [0.717, 1.165) is 6.07 Å². The Kier molecular flexibility index (Phi) is 4.75. The molecule has 0 saturated heterocycles. The number of nitrogens with zero attached hydrogens (tertiary/aromatic N) is 2. The van der Waals surface area contributed by atoms with E-state index >= 15 is 0 Å². The van der Waals surface area contributed by atoms with Crippen LogP contribution in [0.1, 0.15) is 33.0 Å². The second-order valence-electron chi connectivity index (χ2n) is 5.94. The van der Waals surface area contributed by atoms with Crippen LogP contribution in [0.3, 0.4) is 0 Å². The highest BCUT2D eigenvalue weighted by Crippen LogP contribution is 2.34. The van der Waals surface area contributed by atoms with Crippen molar-refractivity contribution in [1.82, 2.24) is 9.55 Å². The van der Waals surface area contributed by atoms with Crippen molar-refractivity contribution < 1.29 is 18.0 Å². The van der Waals surface area contributed by atoms with Crippen molar-refractivity contribution in [2.75, 3.05) is 0 Å². The Bertz CT molecular complexity index is 1030. The number of aryl methyl sites for hydroxylation is 2. The zero-order valence-electron chi connectivity index (χ0n) is 13.8. The first-order valence-electron chi connectivity index (χ1n) is 7.58. The summed E-state index contributed by atoms with van der Waals surface area (Å²) in [7, 11) is 1.67. The number of rotatable bonds is 3. The molecule has 0 atom stereocenters. The minimum absolute atomic E-state index is 0.239. The number of alkyl halides is 3. The van der Waals surface area contributed by atoms with E-state index in [1.54, 1.807) is 23.7 Å². The van der Waals surface area contributed by atoms with Crippen LogP contribution in [0.2, 0.25) is 10.0 Å². The molecule has 0 aliphatic rings. The van der Waals surface area contributed by atoms with E-state index in [4.69, 9.17) is 23.2 Å². The summed E-state index contributed by atoms with van der Waals surface area (Å²) in [5.41, 5.74) is 1.33. The molecule has 1 aromatic carbocycles. The van der Waals surface area contributed by atoms with Gasteiger partial charge in [0, 0.05) is 40.8 Å². The van der Waals surface area contributed by atoms with Gasteiger partial charge < -0.3 is 4.57 Å². The summed E-state index contributed by atoms with van der Waals surface area (Å²) in [5, 5.41) is 1.24. The predicted molar refractivity (Wildman–Crippen MR) is 95.1 cm³/mol. The maximum Gasteiger partial charge on any atom is 0.433 e. The lowest BCUT2D eigenvalue weighted by Crippen LogP contribution is -2.09. The molecule has 0 bridgehead atoms. The maximum absolute atomic E-state index is 13.0. The first kappa shape index (κ1) is 18.7. The fraction of sp³-hybridized carbons (Fsp3) is 0.222. The Morgan fingerprint density at radius 1 is 1.23 bits per heavy atom. The fourth-order valence-electron chi connectivity index (χ4n) is 2.90. The number of fused-ring (bicyclic) bond motifs is 1. The smallest absolute Gasteiger partial charge is 0.347 e. The molecular weight excluding hydrogens is 388 g/mol. The Morgan fingerprint density at radius 2 is 1.92 bits per heavy atom. The van der Waals surface area contributed by atoms with Crippen LogP contribution in [-0.4, -0.2) is 15.8 Å². The van der Waals surface area contributed by atoms with Crippen molar-refractivity contribution >= 4 is 40.4 Å². The summed E-state index contributed by atoms with van der Waals surface area (Å²) in [6.45, 7) is 1.54. The molecular formula is C18H13Cl2F3N2O. The summed E-state index contributed by atoms with van der Waals surface area (Å²) in [6.07, 6.45) is -3.62. The highest BCUT2D eigenvalue weighted by molar-refractivity contribution is 6.37. The number of carbonyl (C=O) groups excluding carboxylic acids is 1. The first-order chi connectivity index (χ1) is 12.1. The molecule has 3 rings (SSSR count). The minimum Gasteiger partial charge on any atom is -0.347 e. The van der Waals surface area contributed by atoms with E-state index in [1.807, 2.05) is 0 Å². The van der Waals surface area contributed by atoms with Crippen LogP contribution in [0.4, 0.5) is 13.2 Å². The van der Waals surface area contributed by atoms with Gasteiger partial charge in [0.15, 0.2) is 6.29 Å². The van der Waals surface area contributed by atoms with E-state index in [-0.39, 0.29) is 17.1 Å². The van der Waals surface area contributed by atoms with Crippen LogP contribution in [0, 0.1) is 6.92 Å². The fourth-order valence-corrected chi connectivity index (χ4v) is 3.45. The number of hydrogen-bond acceptors (Lipinski definition) is 2. The number of aldehydes is 1. The van der Waals surface area contributed by atoms with Crippen LogP contribution >= 0.6 is 23.2 Å². The number of carbonyl (C=O) groups is 1. The highest BCUT2D eigenvalue weighted by atomic mass is 35.5. The van der Waals surface area contributed by atoms with Gasteiger partial charge in [-0.15, -0.1) is 0 Å². The summed E-state index contributed by atoms with van der Waals surface area (Å²) >= 11 is 12.5. The van der Waals surface area contributed by atoms with E-state index < -0.39 is 11.9 Å². The number of halogens is 5. The number of benzene rings is 1. The second-order valence-corrected chi connectivity index (χ2v) is 6.73. The van der Waals surface area contributed by atoms with Crippen LogP contribution < -0.4 is 0 Å². The van der Waals surface area contributed by atoms with Crippen molar-refractivity contribution in [3.63, 3.8) is 0 Å². The van der Waals surface area contributed by atoms with Crippen molar-refractivity contribution in [3.05, 3.63) is 62.5 Å². The Hall–Kier alpha value is -2.05. The van der Waals surface area contributed by atoms with Gasteiger partial charge >= 0.3 is 6.18 Å². The first-order valence-corrected chi connectivity index (χ1v) is 8.34. The molecule has 0 radical (unpaired) electrons. The molecule has 0 saturated carbocycles. The van der Waals surface area contributed by atoms with E-state index in [9.17, 15) is 18.0 Å². The standard InChI is InChI=1S/C18H13Cl2F3N2O/c1-9-12-5-11(6-13-14(19)4-3-10(8-26)17(13)20)25(2)15(12)7-16(24-9)18(21,22)23/h3-5,7-8H,6H2,1-2H3. The van der Waals surface area contributed by atoms with Crippen molar-refractivity contribution in [2.45, 2.75) is 19.5 Å². The minimum atomic E-state index is -4.52. The number of hydrogen-bond donors (Lipinski definition) is 0.